The molecule has 0 aliphatic heterocycles. The highest BCUT2D eigenvalue weighted by Gasteiger charge is 2.20. The Morgan fingerprint density at radius 3 is 1.85 bits per heavy atom. The highest BCUT2D eigenvalue weighted by atomic mass is 35.5. The molecule has 9 heteroatoms. The van der Waals surface area contributed by atoms with Crippen LogP contribution in [0.25, 0.3) is 11.1 Å². The molecule has 47 heavy (non-hydrogen) atoms. The number of amides is 2. The number of carboxylic acids is 1. The zero-order valence-electron chi connectivity index (χ0n) is 25.5. The molecule has 0 aliphatic rings. The molecule has 8 nitrogen and oxygen atoms in total. The molecule has 5 aromatic rings. The molecule has 0 spiro atoms. The van der Waals surface area contributed by atoms with Crippen LogP contribution < -0.4 is 10.1 Å². The lowest BCUT2D eigenvalue weighted by atomic mass is 10.0. The molecule has 0 saturated carbocycles. The summed E-state index contributed by atoms with van der Waals surface area (Å²) in [6, 6.07) is 35.0. The van der Waals surface area contributed by atoms with Crippen molar-refractivity contribution in [3.8, 4) is 16.9 Å². The maximum Gasteiger partial charge on any atom is 0.343 e. The molecule has 0 heterocycles. The predicted octanol–water partition coefficient (Wildman–Crippen LogP) is 7.44. The molecule has 5 aromatic carbocycles. The first-order valence-corrected chi connectivity index (χ1v) is 15.1. The van der Waals surface area contributed by atoms with Crippen LogP contribution in [0.2, 0.25) is 5.02 Å². The van der Waals surface area contributed by atoms with Crippen LogP contribution in [-0.2, 0) is 22.6 Å². The number of aryl methyl sites for hydroxylation is 1. The van der Waals surface area contributed by atoms with Gasteiger partial charge in [-0.05, 0) is 89.8 Å². The Balaban J connectivity index is 1.18. The smallest absolute Gasteiger partial charge is 0.343 e. The molecule has 236 valence electrons. The minimum absolute atomic E-state index is 0.0133. The molecular weight excluding hydrogens is 616 g/mol. The fraction of sp³-hybridized carbons (Fsp3) is 0.105. The number of nitrogens with zero attached hydrogens (tertiary/aromatic N) is 1. The number of nitrogens with one attached hydrogen (secondary N) is 1. The first kappa shape index (κ1) is 32.7. The van der Waals surface area contributed by atoms with E-state index in [0.717, 1.165) is 16.7 Å². The number of halogens is 1. The third-order valence-corrected chi connectivity index (χ3v) is 7.57. The molecular formula is C38H31ClN2O6. The molecule has 0 atom stereocenters. The monoisotopic (exact) mass is 646 g/mol. The number of benzene rings is 5. The van der Waals surface area contributed by atoms with Gasteiger partial charge in [0.25, 0.3) is 5.91 Å². The minimum atomic E-state index is -1.16. The van der Waals surface area contributed by atoms with Gasteiger partial charge in [0, 0.05) is 22.8 Å². The number of carboxylic acid groups (broad SMARTS) is 1. The van der Waals surface area contributed by atoms with Crippen molar-refractivity contribution in [3.63, 3.8) is 0 Å². The molecule has 0 aromatic heterocycles. The Labute approximate surface area is 277 Å². The van der Waals surface area contributed by atoms with Crippen LogP contribution in [0, 0.1) is 6.92 Å². The van der Waals surface area contributed by atoms with Crippen LogP contribution in [-0.4, -0.2) is 40.3 Å². The molecule has 2 N–H and O–H groups in total. The van der Waals surface area contributed by atoms with E-state index < -0.39 is 24.4 Å². The number of esters is 1. The summed E-state index contributed by atoms with van der Waals surface area (Å²) in [7, 11) is 0. The molecule has 0 bridgehead atoms. The Bertz CT molecular complexity index is 1870. The van der Waals surface area contributed by atoms with Gasteiger partial charge in [0.15, 0.2) is 0 Å². The summed E-state index contributed by atoms with van der Waals surface area (Å²) >= 11 is 5.90. The quantitative estimate of drug-likeness (QED) is 0.114. The number of carbonyl (C=O) groups excluding carboxylic acids is 3. The maximum absolute atomic E-state index is 13.3. The van der Waals surface area contributed by atoms with E-state index >= 15 is 0 Å². The first-order chi connectivity index (χ1) is 22.6. The molecule has 0 aliphatic carbocycles. The average Bonchev–Trinajstić information content (AvgIpc) is 3.06. The number of aliphatic carboxylic acids is 1. The van der Waals surface area contributed by atoms with Gasteiger partial charge >= 0.3 is 11.9 Å². The van der Waals surface area contributed by atoms with Crippen molar-refractivity contribution >= 4 is 41.0 Å². The highest BCUT2D eigenvalue weighted by Crippen LogP contribution is 2.22. The van der Waals surface area contributed by atoms with Gasteiger partial charge in [0.05, 0.1) is 12.0 Å². The summed E-state index contributed by atoms with van der Waals surface area (Å²) in [4.78, 5) is 51.3. The normalized spacial score (nSPS) is 10.6. The summed E-state index contributed by atoms with van der Waals surface area (Å²) in [5.41, 5.74) is 5.81. The van der Waals surface area contributed by atoms with E-state index in [1.54, 1.807) is 72.8 Å². The largest absolute Gasteiger partial charge is 0.480 e. The van der Waals surface area contributed by atoms with Crippen molar-refractivity contribution in [3.05, 3.63) is 154 Å². The van der Waals surface area contributed by atoms with E-state index in [2.05, 4.69) is 5.32 Å². The fourth-order valence-corrected chi connectivity index (χ4v) is 4.95. The number of hydrogen-bond donors (Lipinski definition) is 2. The van der Waals surface area contributed by atoms with Crippen LogP contribution in [0.4, 0.5) is 5.69 Å². The summed E-state index contributed by atoms with van der Waals surface area (Å²) in [6.45, 7) is 1.52. The van der Waals surface area contributed by atoms with Crippen LogP contribution in [0.1, 0.15) is 37.4 Å². The van der Waals surface area contributed by atoms with Gasteiger partial charge < -0.3 is 20.1 Å². The number of anilines is 1. The van der Waals surface area contributed by atoms with Crippen LogP contribution in [0.15, 0.2) is 121 Å². The van der Waals surface area contributed by atoms with E-state index in [4.69, 9.17) is 16.3 Å². The Morgan fingerprint density at radius 1 is 0.702 bits per heavy atom. The van der Waals surface area contributed by atoms with Crippen molar-refractivity contribution in [1.29, 1.82) is 0 Å². The second-order valence-electron chi connectivity index (χ2n) is 11.0. The summed E-state index contributed by atoms with van der Waals surface area (Å²) < 4.78 is 5.53. The zero-order valence-corrected chi connectivity index (χ0v) is 26.2. The van der Waals surface area contributed by atoms with Gasteiger partial charge in [-0.15, -0.1) is 0 Å². The third kappa shape index (κ3) is 9.15. The van der Waals surface area contributed by atoms with E-state index in [-0.39, 0.29) is 24.4 Å². The lowest BCUT2D eigenvalue weighted by Crippen LogP contribution is -2.35. The topological polar surface area (TPSA) is 113 Å². The summed E-state index contributed by atoms with van der Waals surface area (Å²) in [5, 5.41) is 12.8. The molecule has 2 amide bonds. The zero-order chi connectivity index (χ0) is 33.3. The standard InChI is InChI=1S/C38H31ClN2O6/c1-25-2-8-28(9-3-25)29-10-12-31(13-11-29)38(46)47-34-20-6-27(7-21-34)23-41(24-36(43)44)37(45)30-14-18-33(19-15-30)40-35(42)22-26-4-16-32(39)17-5-26/h2-21H,22-24H2,1H3,(H,40,42)(H,43,44). The van der Waals surface area contributed by atoms with Crippen LogP contribution >= 0.6 is 11.6 Å². The van der Waals surface area contributed by atoms with Crippen molar-refractivity contribution < 1.29 is 29.0 Å². The van der Waals surface area contributed by atoms with Gasteiger partial charge in [0.2, 0.25) is 5.91 Å². The van der Waals surface area contributed by atoms with E-state index in [9.17, 15) is 24.3 Å². The Kier molecular flexibility index (Phi) is 10.4. The lowest BCUT2D eigenvalue weighted by Gasteiger charge is -2.21. The van der Waals surface area contributed by atoms with Gasteiger partial charge in [-0.3, -0.25) is 14.4 Å². The second kappa shape index (κ2) is 15.0. The number of hydrogen-bond acceptors (Lipinski definition) is 5. The lowest BCUT2D eigenvalue weighted by molar-refractivity contribution is -0.137. The maximum atomic E-state index is 13.3. The van der Waals surface area contributed by atoms with Crippen molar-refractivity contribution in [2.75, 3.05) is 11.9 Å². The van der Waals surface area contributed by atoms with Crippen molar-refractivity contribution in [1.82, 2.24) is 4.90 Å². The van der Waals surface area contributed by atoms with Crippen molar-refractivity contribution in [2.24, 2.45) is 0 Å². The molecule has 0 unspecified atom stereocenters. The fourth-order valence-electron chi connectivity index (χ4n) is 4.83. The number of ether oxygens (including phenoxy) is 1. The van der Waals surface area contributed by atoms with Gasteiger partial charge in [-0.1, -0.05) is 77.8 Å². The van der Waals surface area contributed by atoms with Gasteiger partial charge in [-0.25, -0.2) is 4.79 Å². The average molecular weight is 647 g/mol. The number of carbonyl (C=O) groups is 4. The van der Waals surface area contributed by atoms with Gasteiger partial charge in [0.1, 0.15) is 12.3 Å². The third-order valence-electron chi connectivity index (χ3n) is 7.32. The highest BCUT2D eigenvalue weighted by molar-refractivity contribution is 6.30. The molecule has 0 fully saturated rings. The minimum Gasteiger partial charge on any atom is -0.480 e. The molecule has 0 saturated heterocycles. The molecule has 0 radical (unpaired) electrons. The predicted molar refractivity (Wildman–Crippen MR) is 181 cm³/mol. The van der Waals surface area contributed by atoms with E-state index in [1.165, 1.54) is 22.6 Å². The van der Waals surface area contributed by atoms with Crippen LogP contribution in [0.5, 0.6) is 5.75 Å². The van der Waals surface area contributed by atoms with E-state index in [1.807, 2.05) is 43.3 Å². The molecule has 5 rings (SSSR count). The SMILES string of the molecule is Cc1ccc(-c2ccc(C(=O)Oc3ccc(CN(CC(=O)O)C(=O)c4ccc(NC(=O)Cc5ccc(Cl)cc5)cc4)cc3)cc2)cc1. The van der Waals surface area contributed by atoms with E-state index in [0.29, 0.717) is 27.6 Å². The summed E-state index contributed by atoms with van der Waals surface area (Å²) in [6.07, 6.45) is 0.157. The van der Waals surface area contributed by atoms with Crippen LogP contribution in [0.3, 0.4) is 0 Å². The first-order valence-electron chi connectivity index (χ1n) is 14.8. The summed E-state index contributed by atoms with van der Waals surface area (Å²) in [5.74, 6) is -2.09. The number of rotatable bonds is 11. The Hall–Kier alpha value is -5.73. The second-order valence-corrected chi connectivity index (χ2v) is 11.4. The Morgan fingerprint density at radius 2 is 1.26 bits per heavy atom. The van der Waals surface area contributed by atoms with Gasteiger partial charge in [-0.2, -0.15) is 0 Å². The van der Waals surface area contributed by atoms with Crippen molar-refractivity contribution in [2.45, 2.75) is 19.9 Å².